The van der Waals surface area contributed by atoms with Gasteiger partial charge in [-0.3, -0.25) is 0 Å². The van der Waals surface area contributed by atoms with Crippen LogP contribution in [0.3, 0.4) is 0 Å². The van der Waals surface area contributed by atoms with Crippen molar-refractivity contribution in [1.29, 1.82) is 0 Å². The first kappa shape index (κ1) is 17.6. The summed E-state index contributed by atoms with van der Waals surface area (Å²) in [6.45, 7) is 7.43. The van der Waals surface area contributed by atoms with Crippen molar-refractivity contribution >= 4 is 0 Å². The number of nitrogens with one attached hydrogen (secondary N) is 1. The molecular weight excluding hydrogens is 266 g/mol. The van der Waals surface area contributed by atoms with E-state index in [0.29, 0.717) is 18.5 Å². The van der Waals surface area contributed by atoms with Gasteiger partial charge in [-0.15, -0.1) is 0 Å². The highest BCUT2D eigenvalue weighted by molar-refractivity contribution is 5.50. The average Bonchev–Trinajstić information content (AvgIpc) is 2.52. The lowest BCUT2D eigenvalue weighted by atomic mass is 9.95. The number of rotatable bonds is 9. The van der Waals surface area contributed by atoms with Gasteiger partial charge in [0.15, 0.2) is 0 Å². The molecule has 0 aliphatic rings. The summed E-state index contributed by atoms with van der Waals surface area (Å²) < 4.78 is 16.2. The first-order chi connectivity index (χ1) is 10.1. The molecule has 1 rings (SSSR count). The number of methoxy groups -OCH3 is 3. The lowest BCUT2D eigenvalue weighted by Crippen LogP contribution is -2.32. The minimum Gasteiger partial charge on any atom is -0.496 e. The van der Waals surface area contributed by atoms with Gasteiger partial charge in [-0.05, 0) is 12.8 Å². The molecule has 4 nitrogen and oxygen atoms in total. The highest BCUT2D eigenvalue weighted by atomic mass is 16.5. The molecule has 0 bridgehead atoms. The van der Waals surface area contributed by atoms with Crippen LogP contribution in [0.25, 0.3) is 0 Å². The van der Waals surface area contributed by atoms with E-state index in [2.05, 4.69) is 26.1 Å². The molecule has 0 spiro atoms. The van der Waals surface area contributed by atoms with Crippen LogP contribution in [0.2, 0.25) is 0 Å². The summed E-state index contributed by atoms with van der Waals surface area (Å²) in [5.74, 6) is 2.99. The monoisotopic (exact) mass is 295 g/mol. The average molecular weight is 295 g/mol. The van der Waals surface area contributed by atoms with Gasteiger partial charge in [0.05, 0.1) is 26.9 Å². The molecule has 0 aliphatic carbocycles. The summed E-state index contributed by atoms with van der Waals surface area (Å²) in [6.07, 6.45) is 2.36. The first-order valence-electron chi connectivity index (χ1n) is 7.63. The zero-order valence-corrected chi connectivity index (χ0v) is 14.2. The first-order valence-corrected chi connectivity index (χ1v) is 7.63. The molecule has 0 saturated carbocycles. The van der Waals surface area contributed by atoms with Crippen molar-refractivity contribution in [3.05, 3.63) is 17.7 Å². The second-order valence-corrected chi connectivity index (χ2v) is 5.26. The SMILES string of the molecule is CCC(CC)C(C)NCc1c(OC)cc(OC)cc1OC. The Kier molecular flexibility index (Phi) is 7.37. The van der Waals surface area contributed by atoms with Gasteiger partial charge in [-0.2, -0.15) is 0 Å². The Morgan fingerprint density at radius 3 is 1.86 bits per heavy atom. The van der Waals surface area contributed by atoms with E-state index in [1.165, 1.54) is 12.8 Å². The minimum absolute atomic E-state index is 0.455. The number of hydrogen-bond donors (Lipinski definition) is 1. The highest BCUT2D eigenvalue weighted by Crippen LogP contribution is 2.34. The maximum atomic E-state index is 5.48. The van der Waals surface area contributed by atoms with Crippen LogP contribution in [-0.2, 0) is 6.54 Å². The van der Waals surface area contributed by atoms with Crippen molar-refractivity contribution in [3.63, 3.8) is 0 Å². The summed E-state index contributed by atoms with van der Waals surface area (Å²) >= 11 is 0. The van der Waals surface area contributed by atoms with Crippen molar-refractivity contribution in [3.8, 4) is 17.2 Å². The fourth-order valence-electron chi connectivity index (χ4n) is 2.68. The van der Waals surface area contributed by atoms with Gasteiger partial charge < -0.3 is 19.5 Å². The van der Waals surface area contributed by atoms with Crippen molar-refractivity contribution in [1.82, 2.24) is 5.32 Å². The molecule has 0 saturated heterocycles. The van der Waals surface area contributed by atoms with Crippen LogP contribution < -0.4 is 19.5 Å². The van der Waals surface area contributed by atoms with E-state index in [1.807, 2.05) is 12.1 Å². The van der Waals surface area contributed by atoms with Crippen LogP contribution in [0.5, 0.6) is 17.2 Å². The third-order valence-electron chi connectivity index (χ3n) is 4.17. The van der Waals surface area contributed by atoms with Crippen molar-refractivity contribution < 1.29 is 14.2 Å². The summed E-state index contributed by atoms with van der Waals surface area (Å²) in [7, 11) is 4.98. The molecule has 0 heterocycles. The highest BCUT2D eigenvalue weighted by Gasteiger charge is 2.17. The van der Waals surface area contributed by atoms with Crippen LogP contribution in [-0.4, -0.2) is 27.4 Å². The van der Waals surface area contributed by atoms with Gasteiger partial charge in [0.1, 0.15) is 17.2 Å². The predicted molar refractivity (Wildman–Crippen MR) is 86.5 cm³/mol. The third kappa shape index (κ3) is 4.53. The Labute approximate surface area is 128 Å². The molecule has 0 aliphatic heterocycles. The van der Waals surface area contributed by atoms with Crippen molar-refractivity contribution in [2.45, 2.75) is 46.2 Å². The number of benzene rings is 1. The predicted octanol–water partition coefficient (Wildman–Crippen LogP) is 3.63. The molecule has 1 atom stereocenters. The number of hydrogen-bond acceptors (Lipinski definition) is 4. The van der Waals surface area contributed by atoms with E-state index in [0.717, 1.165) is 22.8 Å². The van der Waals surface area contributed by atoms with E-state index >= 15 is 0 Å². The molecular formula is C17H29NO3. The molecule has 1 unspecified atom stereocenters. The Morgan fingerprint density at radius 1 is 0.952 bits per heavy atom. The van der Waals surface area contributed by atoms with Crippen LogP contribution in [0.1, 0.15) is 39.2 Å². The zero-order chi connectivity index (χ0) is 15.8. The van der Waals surface area contributed by atoms with E-state index < -0.39 is 0 Å². The minimum atomic E-state index is 0.455. The fraction of sp³-hybridized carbons (Fsp3) is 0.647. The smallest absolute Gasteiger partial charge is 0.130 e. The zero-order valence-electron chi connectivity index (χ0n) is 14.2. The third-order valence-corrected chi connectivity index (χ3v) is 4.17. The molecule has 21 heavy (non-hydrogen) atoms. The van der Waals surface area contributed by atoms with Gasteiger partial charge in [-0.1, -0.05) is 26.7 Å². The molecule has 1 N–H and O–H groups in total. The molecule has 0 aromatic heterocycles. The van der Waals surface area contributed by atoms with Gasteiger partial charge in [0, 0.05) is 24.7 Å². The van der Waals surface area contributed by atoms with Gasteiger partial charge in [-0.25, -0.2) is 0 Å². The molecule has 4 heteroatoms. The maximum Gasteiger partial charge on any atom is 0.130 e. The summed E-state index contributed by atoms with van der Waals surface area (Å²) in [4.78, 5) is 0. The lowest BCUT2D eigenvalue weighted by molar-refractivity contribution is 0.338. The van der Waals surface area contributed by atoms with Gasteiger partial charge >= 0.3 is 0 Å². The van der Waals surface area contributed by atoms with E-state index in [-0.39, 0.29) is 0 Å². The molecule has 0 radical (unpaired) electrons. The number of ether oxygens (including phenoxy) is 3. The largest absolute Gasteiger partial charge is 0.496 e. The van der Waals surface area contributed by atoms with Crippen molar-refractivity contribution in [2.75, 3.05) is 21.3 Å². The van der Waals surface area contributed by atoms with E-state index in [1.54, 1.807) is 21.3 Å². The van der Waals surface area contributed by atoms with Crippen LogP contribution in [0.4, 0.5) is 0 Å². The van der Waals surface area contributed by atoms with Gasteiger partial charge in [0.2, 0.25) is 0 Å². The quantitative estimate of drug-likeness (QED) is 0.755. The molecule has 120 valence electrons. The standard InChI is InChI=1S/C17H29NO3/c1-7-13(8-2)12(3)18-11-15-16(20-5)9-14(19-4)10-17(15)21-6/h9-10,12-13,18H,7-8,11H2,1-6H3. The molecule has 0 fully saturated rings. The Bertz CT molecular complexity index is 405. The molecule has 1 aromatic carbocycles. The lowest BCUT2D eigenvalue weighted by Gasteiger charge is -2.24. The Hall–Kier alpha value is -1.42. The topological polar surface area (TPSA) is 39.7 Å². The molecule has 1 aromatic rings. The van der Waals surface area contributed by atoms with E-state index in [4.69, 9.17) is 14.2 Å². The maximum absolute atomic E-state index is 5.48. The summed E-state index contributed by atoms with van der Waals surface area (Å²) in [5.41, 5.74) is 1.03. The Balaban J connectivity index is 2.91. The molecule has 0 amide bonds. The van der Waals surface area contributed by atoms with Crippen LogP contribution in [0.15, 0.2) is 12.1 Å². The van der Waals surface area contributed by atoms with E-state index in [9.17, 15) is 0 Å². The Morgan fingerprint density at radius 2 is 1.48 bits per heavy atom. The fourth-order valence-corrected chi connectivity index (χ4v) is 2.68. The van der Waals surface area contributed by atoms with Crippen LogP contribution >= 0.6 is 0 Å². The van der Waals surface area contributed by atoms with Crippen molar-refractivity contribution in [2.24, 2.45) is 5.92 Å². The van der Waals surface area contributed by atoms with Crippen LogP contribution in [0, 0.1) is 5.92 Å². The summed E-state index contributed by atoms with van der Waals surface area (Å²) in [6, 6.07) is 4.24. The summed E-state index contributed by atoms with van der Waals surface area (Å²) in [5, 5.41) is 3.59. The second kappa shape index (κ2) is 8.78. The second-order valence-electron chi connectivity index (χ2n) is 5.26. The van der Waals surface area contributed by atoms with Gasteiger partial charge in [0.25, 0.3) is 0 Å². The normalized spacial score (nSPS) is 12.3.